The number of aliphatic hydroxyl groups is 1. The van der Waals surface area contributed by atoms with Crippen molar-refractivity contribution in [2.75, 3.05) is 19.7 Å². The molecule has 1 aliphatic carbocycles. The number of piperidine rings is 1. The third kappa shape index (κ3) is 5.71. The molecule has 2 fully saturated rings. The van der Waals surface area contributed by atoms with Crippen molar-refractivity contribution in [2.24, 2.45) is 0 Å². The van der Waals surface area contributed by atoms with Crippen molar-refractivity contribution in [3.05, 3.63) is 74.9 Å². The van der Waals surface area contributed by atoms with Gasteiger partial charge in [-0.15, -0.1) is 5.10 Å². The Hall–Kier alpha value is -3.25. The molecule has 2 aromatic heterocycles. The number of fused-ring (bicyclic) bond motifs is 1. The van der Waals surface area contributed by atoms with E-state index in [1.165, 1.54) is 16.4 Å². The maximum absolute atomic E-state index is 13.8. The van der Waals surface area contributed by atoms with E-state index in [1.807, 2.05) is 6.92 Å². The highest BCUT2D eigenvalue weighted by Gasteiger charge is 2.38. The first-order valence-electron chi connectivity index (χ1n) is 14.4. The van der Waals surface area contributed by atoms with Gasteiger partial charge in [-0.05, 0) is 75.4 Å². The number of aryl methyl sites for hydroxylation is 1. The summed E-state index contributed by atoms with van der Waals surface area (Å²) in [5.41, 5.74) is 0.604. The first-order valence-corrected chi connectivity index (χ1v) is 16.2. The maximum atomic E-state index is 13.8. The molecule has 6 rings (SSSR count). The van der Waals surface area contributed by atoms with Gasteiger partial charge >= 0.3 is 0 Å². The number of hydrogen-bond acceptors (Lipinski definition) is 7. The minimum absolute atomic E-state index is 0. The summed E-state index contributed by atoms with van der Waals surface area (Å²) in [5.74, 6) is 1.60. The number of benzene rings is 2. The Morgan fingerprint density at radius 1 is 1.12 bits per heavy atom. The molecule has 1 saturated carbocycles. The molecule has 2 aliphatic rings. The summed E-state index contributed by atoms with van der Waals surface area (Å²) in [6.45, 7) is 4.27. The van der Waals surface area contributed by atoms with Gasteiger partial charge in [-0.1, -0.05) is 44.0 Å². The van der Waals surface area contributed by atoms with E-state index in [9.17, 15) is 18.3 Å². The number of H-pyrrole nitrogens is 1. The Balaban J connectivity index is 0.00000368. The van der Waals surface area contributed by atoms with E-state index in [2.05, 4.69) is 4.98 Å². The number of rotatable bonds is 7. The molecular formula is C31H38ClN5O5S. The van der Waals surface area contributed by atoms with Crippen LogP contribution in [0.15, 0.2) is 52.2 Å². The summed E-state index contributed by atoms with van der Waals surface area (Å²) >= 11 is 6.00. The smallest absolute Gasteiger partial charge is 0.277 e. The first kappa shape index (κ1) is 31.2. The molecule has 3 heterocycles. The molecule has 0 radical (unpaired) electrons. The number of ether oxygens (including phenoxy) is 1. The summed E-state index contributed by atoms with van der Waals surface area (Å²) in [6, 6.07) is 11.6. The van der Waals surface area contributed by atoms with Crippen molar-refractivity contribution in [1.29, 1.82) is 0 Å². The van der Waals surface area contributed by atoms with E-state index >= 15 is 0 Å². The van der Waals surface area contributed by atoms with Gasteiger partial charge in [0.2, 0.25) is 10.0 Å². The second-order valence-electron chi connectivity index (χ2n) is 11.1. The number of hydrogen-bond donors (Lipinski definition) is 2. The summed E-state index contributed by atoms with van der Waals surface area (Å²) in [4.78, 5) is 20.9. The number of halogens is 1. The fraction of sp³-hybridized carbons (Fsp3) is 0.452. The van der Waals surface area contributed by atoms with Crippen LogP contribution in [0.25, 0.3) is 16.9 Å². The second kappa shape index (κ2) is 12.0. The molecule has 4 aromatic rings. The van der Waals surface area contributed by atoms with Gasteiger partial charge in [0.1, 0.15) is 11.6 Å². The molecule has 0 spiro atoms. The van der Waals surface area contributed by atoms with Crippen molar-refractivity contribution in [1.82, 2.24) is 23.9 Å². The van der Waals surface area contributed by atoms with E-state index in [4.69, 9.17) is 26.4 Å². The fourth-order valence-corrected chi connectivity index (χ4v) is 7.79. The van der Waals surface area contributed by atoms with Crippen LogP contribution in [0.1, 0.15) is 75.9 Å². The van der Waals surface area contributed by atoms with E-state index in [-0.39, 0.29) is 55.6 Å². The highest BCUT2D eigenvalue weighted by molar-refractivity contribution is 7.89. The summed E-state index contributed by atoms with van der Waals surface area (Å²) in [5, 5.41) is 16.6. The van der Waals surface area contributed by atoms with Crippen LogP contribution in [-0.2, 0) is 15.6 Å². The lowest BCUT2D eigenvalue weighted by Crippen LogP contribution is -2.45. The minimum Gasteiger partial charge on any atom is -0.493 e. The van der Waals surface area contributed by atoms with Crippen LogP contribution in [0.5, 0.6) is 5.75 Å². The maximum Gasteiger partial charge on any atom is 0.277 e. The summed E-state index contributed by atoms with van der Waals surface area (Å²) < 4.78 is 36.5. The monoisotopic (exact) mass is 627 g/mol. The van der Waals surface area contributed by atoms with Crippen LogP contribution in [0, 0.1) is 6.92 Å². The van der Waals surface area contributed by atoms with Crippen LogP contribution in [0.3, 0.4) is 0 Å². The largest absolute Gasteiger partial charge is 0.493 e. The average Bonchev–Trinajstić information content (AvgIpc) is 3.62. The van der Waals surface area contributed by atoms with Gasteiger partial charge in [0.25, 0.3) is 5.56 Å². The predicted molar refractivity (Wildman–Crippen MR) is 166 cm³/mol. The Labute approximate surface area is 256 Å². The summed E-state index contributed by atoms with van der Waals surface area (Å²) in [7, 11) is -3.93. The highest BCUT2D eigenvalue weighted by atomic mass is 35.5. The standard InChI is InChI=1S/C30H34ClN5O5S.CH4/c1-3-41-25-13-12-23(42(39,40)35-16-14-30(38,15-17-35)21-8-10-22(31)11-9-21)18-24(25)27-33-29(37)26-19(2)32-28(36(26)34-27)20-6-4-5-7-20;/h8-13,18,20,38H,3-7,14-17H2,1-2H3,(H,33,34,37);1H4. The van der Waals surface area contributed by atoms with Crippen LogP contribution in [0.2, 0.25) is 5.02 Å². The molecule has 2 aromatic carbocycles. The first-order chi connectivity index (χ1) is 20.1. The van der Waals surface area contributed by atoms with Crippen molar-refractivity contribution in [3.8, 4) is 17.1 Å². The molecule has 1 saturated heterocycles. The van der Waals surface area contributed by atoms with Gasteiger partial charge < -0.3 is 14.8 Å². The molecule has 0 bridgehead atoms. The van der Waals surface area contributed by atoms with Crippen molar-refractivity contribution < 1.29 is 18.3 Å². The summed E-state index contributed by atoms with van der Waals surface area (Å²) in [6.07, 6.45) is 4.68. The lowest BCUT2D eigenvalue weighted by Gasteiger charge is -2.38. The molecule has 10 nitrogen and oxygen atoms in total. The third-order valence-corrected chi connectivity index (χ3v) is 10.6. The number of aromatic nitrogens is 4. The number of imidazole rings is 1. The number of aromatic amines is 1. The van der Waals surface area contributed by atoms with Crippen LogP contribution in [-0.4, -0.2) is 57.1 Å². The van der Waals surface area contributed by atoms with Gasteiger partial charge in [-0.3, -0.25) is 4.79 Å². The SMILES string of the molecule is C.CCOc1ccc(S(=O)(=O)N2CCC(O)(c3ccc(Cl)cc3)CC2)cc1-c1nn2c(C3CCCC3)nc(C)c2c(=O)[nH]1. The molecule has 1 aliphatic heterocycles. The fourth-order valence-electron chi connectivity index (χ4n) is 6.19. The highest BCUT2D eigenvalue weighted by Crippen LogP contribution is 2.38. The van der Waals surface area contributed by atoms with E-state index in [0.717, 1.165) is 31.5 Å². The van der Waals surface area contributed by atoms with Gasteiger partial charge in [0, 0.05) is 24.0 Å². The van der Waals surface area contributed by atoms with Gasteiger partial charge in [0.05, 0.1) is 28.4 Å². The van der Waals surface area contributed by atoms with Crippen molar-refractivity contribution in [3.63, 3.8) is 0 Å². The van der Waals surface area contributed by atoms with Gasteiger partial charge in [-0.2, -0.15) is 4.31 Å². The van der Waals surface area contributed by atoms with Gasteiger partial charge in [0.15, 0.2) is 11.3 Å². The molecule has 0 atom stereocenters. The Bertz CT molecular complexity index is 1790. The lowest BCUT2D eigenvalue weighted by molar-refractivity contribution is -0.00961. The zero-order chi connectivity index (χ0) is 29.6. The Kier molecular flexibility index (Phi) is 8.72. The van der Waals surface area contributed by atoms with E-state index in [1.54, 1.807) is 41.8 Å². The van der Waals surface area contributed by atoms with Crippen LogP contribution < -0.4 is 10.3 Å². The second-order valence-corrected chi connectivity index (χ2v) is 13.5. The Morgan fingerprint density at radius 2 is 1.79 bits per heavy atom. The zero-order valence-electron chi connectivity index (χ0n) is 23.6. The molecule has 43 heavy (non-hydrogen) atoms. The number of nitrogens with one attached hydrogen (secondary N) is 1. The molecule has 2 N–H and O–H groups in total. The molecule has 0 unspecified atom stereocenters. The molecule has 12 heteroatoms. The minimum atomic E-state index is -3.93. The third-order valence-electron chi connectivity index (χ3n) is 8.50. The normalized spacial score (nSPS) is 17.7. The molecule has 0 amide bonds. The Morgan fingerprint density at radius 3 is 2.44 bits per heavy atom. The average molecular weight is 628 g/mol. The van der Waals surface area contributed by atoms with Crippen molar-refractivity contribution in [2.45, 2.75) is 76.2 Å². The number of nitrogens with zero attached hydrogens (tertiary/aromatic N) is 4. The molecular weight excluding hydrogens is 590 g/mol. The van der Waals surface area contributed by atoms with Gasteiger partial charge in [-0.25, -0.2) is 17.9 Å². The van der Waals surface area contributed by atoms with Crippen LogP contribution >= 0.6 is 11.6 Å². The lowest BCUT2D eigenvalue weighted by atomic mass is 9.85. The number of sulfonamides is 1. The van der Waals surface area contributed by atoms with E-state index in [0.29, 0.717) is 39.7 Å². The van der Waals surface area contributed by atoms with E-state index < -0.39 is 15.6 Å². The predicted octanol–water partition coefficient (Wildman–Crippen LogP) is 5.41. The molecule has 230 valence electrons. The van der Waals surface area contributed by atoms with Crippen LogP contribution in [0.4, 0.5) is 0 Å². The zero-order valence-corrected chi connectivity index (χ0v) is 25.2. The topological polar surface area (TPSA) is 130 Å². The van der Waals surface area contributed by atoms with Crippen molar-refractivity contribution >= 4 is 27.1 Å². The quantitative estimate of drug-likeness (QED) is 0.280.